The zero-order valence-corrected chi connectivity index (χ0v) is 64.0. The first kappa shape index (κ1) is 86.9. The molecular weight excluding hydrogens is 1480 g/mol. The van der Waals surface area contributed by atoms with Crippen LogP contribution in [0.25, 0.3) is 22.3 Å². The van der Waals surface area contributed by atoms with Gasteiger partial charge >= 0.3 is 18.1 Å². The van der Waals surface area contributed by atoms with Crippen molar-refractivity contribution in [3.63, 3.8) is 0 Å². The average Bonchev–Trinajstić information content (AvgIpc) is 1.50. The number of aliphatic carboxylic acids is 1. The van der Waals surface area contributed by atoms with Crippen LogP contribution >= 0.6 is 11.8 Å². The van der Waals surface area contributed by atoms with Crippen molar-refractivity contribution in [1.29, 1.82) is 0 Å². The molecule has 36 nitrogen and oxygen atoms in total. The topological polar surface area (TPSA) is 474 Å². The SMILES string of the molecule is CCc1c2c(nc3ccc(O)cc13)-c1cc3c(c(=O)n1C2)COC(=O)C3(CC)OC(=O)OCc1ccc(NC(=O)C(CCCN)NC(=O)COCC(=O)NCCOCCOCCOCCOCCOCCOCCOCCOCCn2cc(CNC(=O)C3CCC(CN4C(=O)CC(SCC(N)C(=O)O)C4=O)CC3)nn2)cc1. The minimum absolute atomic E-state index is 0.0346. The molecule has 3 aromatic heterocycles. The molecule has 112 heavy (non-hydrogen) atoms. The molecule has 6 heterocycles. The summed E-state index contributed by atoms with van der Waals surface area (Å²) < 4.78 is 69.7. The van der Waals surface area contributed by atoms with Gasteiger partial charge in [0.1, 0.15) is 50.0 Å². The molecule has 0 bridgehead atoms. The van der Waals surface area contributed by atoms with E-state index in [9.17, 15) is 53.1 Å². The number of fused-ring (bicyclic) bond motifs is 5. The summed E-state index contributed by atoms with van der Waals surface area (Å²) in [5, 5.41) is 38.6. The average molecular weight is 1590 g/mol. The van der Waals surface area contributed by atoms with Gasteiger partial charge in [-0.2, -0.15) is 0 Å². The van der Waals surface area contributed by atoms with Gasteiger partial charge < -0.3 is 104 Å². The number of carbonyl (C=O) groups is 9. The highest BCUT2D eigenvalue weighted by Crippen LogP contribution is 2.43. The second kappa shape index (κ2) is 44.9. The number of thioether (sulfide) groups is 1. The van der Waals surface area contributed by atoms with E-state index in [1.165, 1.54) is 11.0 Å². The van der Waals surface area contributed by atoms with Crippen molar-refractivity contribution in [3.05, 3.63) is 98.6 Å². The number of phenolic OH excluding ortho intramolecular Hbond substituents is 1. The summed E-state index contributed by atoms with van der Waals surface area (Å²) in [7, 11) is 0. The number of hydrogen-bond acceptors (Lipinski definition) is 29. The number of imide groups is 1. The van der Waals surface area contributed by atoms with Gasteiger partial charge in [-0.1, -0.05) is 31.2 Å². The van der Waals surface area contributed by atoms with Crippen LogP contribution in [-0.2, 0) is 140 Å². The molecule has 5 aromatic rings. The maximum Gasteiger partial charge on any atom is 0.510 e. The van der Waals surface area contributed by atoms with E-state index < -0.39 is 77.5 Å². The van der Waals surface area contributed by atoms with Gasteiger partial charge in [0.25, 0.3) is 5.56 Å². The predicted molar refractivity (Wildman–Crippen MR) is 401 cm³/mol. The molecule has 1 aliphatic carbocycles. The van der Waals surface area contributed by atoms with Gasteiger partial charge in [0, 0.05) is 53.4 Å². The van der Waals surface area contributed by atoms with Crippen molar-refractivity contribution < 1.29 is 110 Å². The van der Waals surface area contributed by atoms with Crippen LogP contribution in [0.3, 0.4) is 0 Å². The molecule has 2 aromatic carbocycles. The van der Waals surface area contributed by atoms with Crippen molar-refractivity contribution in [2.24, 2.45) is 23.3 Å². The molecule has 3 aliphatic heterocycles. The number of phenols is 1. The maximum absolute atomic E-state index is 14.1. The van der Waals surface area contributed by atoms with Gasteiger partial charge in [0.15, 0.2) is 0 Å². The number of cyclic esters (lactones) is 1. The number of rotatable bonds is 51. The number of nitrogens with one attached hydrogen (secondary N) is 4. The second-order valence-corrected chi connectivity index (χ2v) is 28.1. The van der Waals surface area contributed by atoms with Crippen LogP contribution in [0.15, 0.2) is 59.5 Å². The molecule has 1 saturated heterocycles. The number of carboxylic acids is 1. The summed E-state index contributed by atoms with van der Waals surface area (Å²) >= 11 is 1.10. The van der Waals surface area contributed by atoms with E-state index in [0.29, 0.717) is 178 Å². The van der Waals surface area contributed by atoms with Gasteiger partial charge in [0.2, 0.25) is 41.0 Å². The Balaban J connectivity index is 0.514. The van der Waals surface area contributed by atoms with E-state index in [4.69, 9.17) is 78.4 Å². The number of esters is 1. The number of likely N-dealkylation sites (tertiary alicyclic amines) is 1. The van der Waals surface area contributed by atoms with Crippen molar-refractivity contribution in [2.75, 3.05) is 150 Å². The van der Waals surface area contributed by atoms with E-state index in [1.807, 2.05) is 6.92 Å². The molecule has 10 N–H and O–H groups in total. The number of carboxylic acid groups (broad SMARTS) is 1. The standard InChI is InChI=1S/C75H102N12O24S/c1-3-54-55-36-53(88)15-16-60(55)82-67-56(54)42-86-62(67)37-58-57(70(86)94)44-109-73(98)75(58,4-2)111-74(99)110-43-49-9-13-51(14-10-49)80-69(93)61(6-5-17-76)81-65(90)46-108-45-64(89)78-18-20-100-22-24-102-26-28-104-30-32-106-34-35-107-33-31-105-29-27-103-25-23-101-21-19-85-41-52(83-84-85)39-79-68(92)50-11-7-48(8-12-50)40-87-66(91)38-63(71(87)95)112-47-59(77)72(96)97/h9-10,13-16,36-37,41,48,50,59,61,63,88H,3-8,11-12,17-35,38-40,42-47,76-77H2,1-2H3,(H,78,89)(H,79,92)(H,80,93)(H,81,90)(H,96,97). The largest absolute Gasteiger partial charge is 0.510 e. The molecule has 9 rings (SSSR count). The van der Waals surface area contributed by atoms with Crippen LogP contribution in [0, 0.1) is 11.8 Å². The first-order valence-electron chi connectivity index (χ1n) is 37.7. The molecule has 0 radical (unpaired) electrons. The number of nitrogens with two attached hydrogens (primary N) is 2. The molecule has 2 fully saturated rings. The first-order chi connectivity index (χ1) is 54.3. The van der Waals surface area contributed by atoms with Crippen LogP contribution in [0.5, 0.6) is 5.75 Å². The van der Waals surface area contributed by atoms with E-state index in [1.54, 1.807) is 64.8 Å². The molecule has 1 saturated carbocycles. The van der Waals surface area contributed by atoms with Gasteiger partial charge in [-0.05, 0) is 111 Å². The minimum Gasteiger partial charge on any atom is -0.508 e. The number of amides is 6. The number of benzene rings is 2. The zero-order chi connectivity index (χ0) is 79.8. The molecule has 4 atom stereocenters. The fourth-order valence-electron chi connectivity index (χ4n) is 13.1. The summed E-state index contributed by atoms with van der Waals surface area (Å²) in [6, 6.07) is 10.8. The maximum atomic E-state index is 14.1. The van der Waals surface area contributed by atoms with E-state index in [-0.39, 0.29) is 124 Å². The number of aromatic nitrogens is 5. The Kier molecular flexibility index (Phi) is 34.9. The Labute approximate surface area is 650 Å². The lowest BCUT2D eigenvalue weighted by Crippen LogP contribution is -2.47. The lowest BCUT2D eigenvalue weighted by molar-refractivity contribution is -0.175. The monoisotopic (exact) mass is 1590 g/mol. The highest BCUT2D eigenvalue weighted by atomic mass is 32.2. The summed E-state index contributed by atoms with van der Waals surface area (Å²) in [5.41, 5.74) is 14.0. The molecule has 6 amide bonds. The molecule has 37 heteroatoms. The third kappa shape index (κ3) is 25.4. The Morgan fingerprint density at radius 3 is 2.02 bits per heavy atom. The number of anilines is 1. The van der Waals surface area contributed by atoms with Gasteiger partial charge in [-0.25, -0.2) is 19.3 Å². The van der Waals surface area contributed by atoms with Gasteiger partial charge in [-0.15, -0.1) is 16.9 Å². The summed E-state index contributed by atoms with van der Waals surface area (Å²) in [6.45, 7) is 9.62. The third-order valence-electron chi connectivity index (χ3n) is 19.1. The zero-order valence-electron chi connectivity index (χ0n) is 63.2. The quantitative estimate of drug-likeness (QED) is 0.0154. The van der Waals surface area contributed by atoms with Crippen LogP contribution in [0.4, 0.5) is 10.5 Å². The summed E-state index contributed by atoms with van der Waals surface area (Å²) in [5.74, 6) is -4.26. The Hall–Kier alpha value is -9.12. The Morgan fingerprint density at radius 2 is 1.39 bits per heavy atom. The van der Waals surface area contributed by atoms with Crippen LogP contribution in [0.1, 0.15) is 98.7 Å². The highest BCUT2D eigenvalue weighted by molar-refractivity contribution is 8.00. The van der Waals surface area contributed by atoms with Gasteiger partial charge in [0.05, 0.1) is 159 Å². The summed E-state index contributed by atoms with van der Waals surface area (Å²) in [6.07, 6.45) is 4.41. The Morgan fingerprint density at radius 1 is 0.759 bits per heavy atom. The molecular formula is C75H102N12O24S. The minimum atomic E-state index is -2.01. The van der Waals surface area contributed by atoms with Crippen molar-refractivity contribution >= 4 is 81.9 Å². The van der Waals surface area contributed by atoms with Crippen LogP contribution in [0.2, 0.25) is 0 Å². The smallest absolute Gasteiger partial charge is 0.508 e. The third-order valence-corrected chi connectivity index (χ3v) is 20.4. The molecule has 4 unspecified atom stereocenters. The van der Waals surface area contributed by atoms with Crippen molar-refractivity contribution in [3.8, 4) is 17.1 Å². The van der Waals surface area contributed by atoms with Crippen LogP contribution < -0.4 is 38.3 Å². The number of aromatic hydroxyl groups is 1. The second-order valence-electron chi connectivity index (χ2n) is 26.9. The molecule has 4 aliphatic rings. The Bertz CT molecular complexity index is 4050. The predicted octanol–water partition coefficient (Wildman–Crippen LogP) is 2.12. The van der Waals surface area contributed by atoms with E-state index in [0.717, 1.165) is 28.3 Å². The van der Waals surface area contributed by atoms with Crippen molar-refractivity contribution in [2.45, 2.75) is 127 Å². The molecule has 0 spiro atoms. The number of pyridine rings is 2. The highest BCUT2D eigenvalue weighted by Gasteiger charge is 2.51. The number of ether oxygens (including phenoxy) is 12. The lowest BCUT2D eigenvalue weighted by atomic mass is 9.81. The summed E-state index contributed by atoms with van der Waals surface area (Å²) in [4.78, 5) is 135. The van der Waals surface area contributed by atoms with E-state index >= 15 is 0 Å². The molecule has 612 valence electrons. The van der Waals surface area contributed by atoms with Crippen LogP contribution in [-0.4, -0.2) is 255 Å². The number of carbonyl (C=O) groups excluding carboxylic acids is 8. The van der Waals surface area contributed by atoms with E-state index in [2.05, 4.69) is 31.6 Å². The fourth-order valence-corrected chi connectivity index (χ4v) is 14.2. The van der Waals surface area contributed by atoms with Crippen molar-refractivity contribution in [1.82, 2.24) is 45.4 Å². The van der Waals surface area contributed by atoms with Gasteiger partial charge in [-0.3, -0.25) is 43.3 Å². The fraction of sp³-hybridized carbons (Fsp3) is 0.587. The number of aryl methyl sites for hydroxylation is 1. The first-order valence-corrected chi connectivity index (χ1v) is 38.8. The lowest BCUT2D eigenvalue weighted by Gasteiger charge is -2.35. The number of nitrogens with zero attached hydrogens (tertiary/aromatic N) is 6. The number of hydrogen-bond donors (Lipinski definition) is 8. The normalized spacial score (nSPS) is 17.7.